The van der Waals surface area contributed by atoms with E-state index in [4.69, 9.17) is 9.26 Å². The number of oxime groups is 1. The zero-order chi connectivity index (χ0) is 20.5. The second-order valence-electron chi connectivity index (χ2n) is 9.21. The Hall–Kier alpha value is -1.61. The normalized spacial score (nSPS) is 27.4. The Kier molecular flexibility index (Phi) is 6.25. The van der Waals surface area contributed by atoms with Gasteiger partial charge in [-0.1, -0.05) is 32.9 Å². The van der Waals surface area contributed by atoms with Crippen LogP contribution >= 0.6 is 0 Å². The van der Waals surface area contributed by atoms with E-state index in [9.17, 15) is 9.59 Å². The van der Waals surface area contributed by atoms with E-state index in [0.717, 1.165) is 12.3 Å². The summed E-state index contributed by atoms with van der Waals surface area (Å²) in [5, 5.41) is 7.31. The Bertz CT molecular complexity index is 611. The van der Waals surface area contributed by atoms with E-state index >= 15 is 0 Å². The van der Waals surface area contributed by atoms with Crippen LogP contribution in [-0.4, -0.2) is 44.2 Å². The van der Waals surface area contributed by atoms with Crippen molar-refractivity contribution in [2.75, 3.05) is 6.61 Å². The number of amidine groups is 1. The Balaban J connectivity index is 1.64. The molecule has 1 saturated carbocycles. The van der Waals surface area contributed by atoms with Crippen LogP contribution in [-0.2, 0) is 18.9 Å². The summed E-state index contributed by atoms with van der Waals surface area (Å²) >= 11 is 0. The molecular formula is C18H34N4O4Si. The molecule has 1 aliphatic heterocycles. The predicted molar refractivity (Wildman–Crippen MR) is 106 cm³/mol. The standard InChI is InChI=1S/C18H34N4O4Si/c1-8-18(5)16(22-26-18)19-13-9-12(10-13)15(24)21-20-14(23)11-25-27(6,7)17(2,3)4/h12-13H,8-11H2,1-7H3,(H,19,22)(H,20,23)(H,21,24)/t12-,13-,18-/m1/s1. The van der Waals surface area contributed by atoms with Gasteiger partial charge in [0, 0.05) is 12.0 Å². The van der Waals surface area contributed by atoms with Crippen LogP contribution in [0.4, 0.5) is 0 Å². The number of carbonyl (C=O) groups is 2. The molecule has 0 spiro atoms. The van der Waals surface area contributed by atoms with Crippen molar-refractivity contribution in [2.45, 2.75) is 83.7 Å². The summed E-state index contributed by atoms with van der Waals surface area (Å²) in [4.78, 5) is 29.3. The van der Waals surface area contributed by atoms with E-state index in [2.05, 4.69) is 55.2 Å². The second kappa shape index (κ2) is 7.79. The second-order valence-corrected chi connectivity index (χ2v) is 14.0. The van der Waals surface area contributed by atoms with Crippen LogP contribution in [0.5, 0.6) is 0 Å². The molecule has 0 aromatic heterocycles. The fourth-order valence-corrected chi connectivity index (χ4v) is 3.46. The van der Waals surface area contributed by atoms with E-state index in [0.29, 0.717) is 12.8 Å². The van der Waals surface area contributed by atoms with Crippen LogP contribution in [0.2, 0.25) is 18.1 Å². The van der Waals surface area contributed by atoms with Gasteiger partial charge in [-0.25, -0.2) is 0 Å². The van der Waals surface area contributed by atoms with Crippen molar-refractivity contribution < 1.29 is 18.9 Å². The van der Waals surface area contributed by atoms with Gasteiger partial charge in [-0.05, 0) is 44.3 Å². The van der Waals surface area contributed by atoms with Crippen molar-refractivity contribution in [3.05, 3.63) is 0 Å². The van der Waals surface area contributed by atoms with Crippen molar-refractivity contribution in [3.63, 3.8) is 0 Å². The van der Waals surface area contributed by atoms with Gasteiger partial charge in [-0.15, -0.1) is 0 Å². The minimum Gasteiger partial charge on any atom is -0.407 e. The minimum absolute atomic E-state index is 0.0358. The van der Waals surface area contributed by atoms with Gasteiger partial charge in [0.05, 0.1) is 0 Å². The summed E-state index contributed by atoms with van der Waals surface area (Å²) < 4.78 is 5.84. The molecule has 0 aromatic rings. The van der Waals surface area contributed by atoms with Crippen LogP contribution in [0, 0.1) is 5.92 Å². The number of nitrogens with zero attached hydrogens (tertiary/aromatic N) is 1. The molecule has 2 rings (SSSR count). The van der Waals surface area contributed by atoms with Gasteiger partial charge < -0.3 is 14.6 Å². The maximum absolute atomic E-state index is 12.1. The predicted octanol–water partition coefficient (Wildman–Crippen LogP) is 2.04. The molecule has 0 bridgehead atoms. The van der Waals surface area contributed by atoms with Crippen LogP contribution in [0.1, 0.15) is 53.9 Å². The highest BCUT2D eigenvalue weighted by Crippen LogP contribution is 2.36. The van der Waals surface area contributed by atoms with Crippen LogP contribution in [0.3, 0.4) is 0 Å². The minimum atomic E-state index is -1.98. The average Bonchev–Trinajstić information content (AvgIpc) is 2.53. The summed E-state index contributed by atoms with van der Waals surface area (Å²) in [6.45, 7) is 14.5. The van der Waals surface area contributed by atoms with Crippen molar-refractivity contribution in [3.8, 4) is 0 Å². The topological polar surface area (TPSA) is 101 Å². The van der Waals surface area contributed by atoms with Gasteiger partial charge in [-0.3, -0.25) is 20.4 Å². The van der Waals surface area contributed by atoms with Crippen LogP contribution in [0.15, 0.2) is 5.16 Å². The number of carbonyl (C=O) groups excluding carboxylic acids is 2. The highest BCUT2D eigenvalue weighted by Gasteiger charge is 2.44. The van der Waals surface area contributed by atoms with Crippen LogP contribution < -0.4 is 16.2 Å². The van der Waals surface area contributed by atoms with Crippen molar-refractivity contribution in [2.24, 2.45) is 11.1 Å². The summed E-state index contributed by atoms with van der Waals surface area (Å²) in [7, 11) is -1.98. The molecule has 0 unspecified atom stereocenters. The van der Waals surface area contributed by atoms with E-state index in [-0.39, 0.29) is 41.0 Å². The molecule has 8 nitrogen and oxygen atoms in total. The molecule has 9 heteroatoms. The molecule has 1 heterocycles. The Labute approximate surface area is 162 Å². The van der Waals surface area contributed by atoms with E-state index in [1.54, 1.807) is 0 Å². The fourth-order valence-electron chi connectivity index (χ4n) is 2.53. The first-order chi connectivity index (χ1) is 12.4. The lowest BCUT2D eigenvalue weighted by atomic mass is 9.79. The quantitative estimate of drug-likeness (QED) is 0.469. The van der Waals surface area contributed by atoms with Crippen molar-refractivity contribution >= 4 is 26.0 Å². The Morgan fingerprint density at radius 2 is 1.93 bits per heavy atom. The maximum Gasteiger partial charge on any atom is 0.263 e. The number of hydrazine groups is 1. The lowest BCUT2D eigenvalue weighted by Crippen LogP contribution is -2.59. The van der Waals surface area contributed by atoms with Gasteiger partial charge in [0.2, 0.25) is 5.91 Å². The molecule has 3 N–H and O–H groups in total. The van der Waals surface area contributed by atoms with Crippen molar-refractivity contribution in [1.29, 1.82) is 0 Å². The molecule has 0 saturated heterocycles. The molecule has 0 radical (unpaired) electrons. The molecule has 1 atom stereocenters. The van der Waals surface area contributed by atoms with E-state index < -0.39 is 8.32 Å². The Morgan fingerprint density at radius 3 is 2.41 bits per heavy atom. The summed E-state index contributed by atoms with van der Waals surface area (Å²) in [6, 6.07) is 0.215. The number of hydrogen-bond acceptors (Lipinski definition) is 6. The van der Waals surface area contributed by atoms with Gasteiger partial charge >= 0.3 is 0 Å². The summed E-state index contributed by atoms with van der Waals surface area (Å²) in [5.41, 5.74) is 4.63. The van der Waals surface area contributed by atoms with Gasteiger partial charge in [0.25, 0.3) is 5.91 Å². The molecule has 2 amide bonds. The molecular weight excluding hydrogens is 364 g/mol. The molecule has 1 aliphatic carbocycles. The van der Waals surface area contributed by atoms with E-state index in [1.807, 2.05) is 13.8 Å². The molecule has 154 valence electrons. The largest absolute Gasteiger partial charge is 0.407 e. The number of rotatable bonds is 6. The fraction of sp³-hybridized carbons (Fsp3) is 0.833. The lowest BCUT2D eigenvalue weighted by molar-refractivity contribution is -0.134. The highest BCUT2D eigenvalue weighted by atomic mass is 28.4. The summed E-state index contributed by atoms with van der Waals surface area (Å²) in [5.74, 6) is 0.240. The molecule has 27 heavy (non-hydrogen) atoms. The van der Waals surface area contributed by atoms with Crippen molar-refractivity contribution in [1.82, 2.24) is 16.2 Å². The monoisotopic (exact) mass is 398 g/mol. The first-order valence-corrected chi connectivity index (χ1v) is 12.5. The Morgan fingerprint density at radius 1 is 1.30 bits per heavy atom. The van der Waals surface area contributed by atoms with Gasteiger partial charge in [0.1, 0.15) is 6.61 Å². The number of nitrogens with one attached hydrogen (secondary N) is 3. The third-order valence-corrected chi connectivity index (χ3v) is 10.5. The number of hydrogen-bond donors (Lipinski definition) is 3. The summed E-state index contributed by atoms with van der Waals surface area (Å²) in [6.07, 6.45) is 2.26. The average molecular weight is 399 g/mol. The first-order valence-electron chi connectivity index (χ1n) is 9.64. The lowest BCUT2D eigenvalue weighted by Gasteiger charge is -2.41. The smallest absolute Gasteiger partial charge is 0.263 e. The highest BCUT2D eigenvalue weighted by molar-refractivity contribution is 6.74. The van der Waals surface area contributed by atoms with Crippen LogP contribution in [0.25, 0.3) is 0 Å². The third-order valence-electron chi connectivity index (χ3n) is 6.06. The zero-order valence-corrected chi connectivity index (χ0v) is 18.6. The zero-order valence-electron chi connectivity index (χ0n) is 17.6. The number of amides is 2. The van der Waals surface area contributed by atoms with E-state index in [1.165, 1.54) is 0 Å². The van der Waals surface area contributed by atoms with Gasteiger partial charge in [-0.2, -0.15) is 0 Å². The molecule has 0 aromatic carbocycles. The first kappa shape index (κ1) is 21.7. The molecule has 2 aliphatic rings. The maximum atomic E-state index is 12.1. The third kappa shape index (κ3) is 5.01. The van der Waals surface area contributed by atoms with Gasteiger partial charge in [0.15, 0.2) is 19.8 Å². The molecule has 1 fully saturated rings. The SMILES string of the molecule is CC[C@@]1(C)ON=C1N[C@H]1C[C@H](C(=O)NNC(=O)CO[Si](C)(C)C(C)(C)C)C1.